The summed E-state index contributed by atoms with van der Waals surface area (Å²) in [6, 6.07) is 12.4. The predicted molar refractivity (Wildman–Crippen MR) is 148 cm³/mol. The predicted octanol–water partition coefficient (Wildman–Crippen LogP) is 2.18. The fraction of sp³-hybridized carbons (Fsp3) is 0.571. The van der Waals surface area contributed by atoms with Crippen molar-refractivity contribution in [2.24, 2.45) is 0 Å². The Morgan fingerprint density at radius 3 is 1.33 bits per heavy atom. The number of rotatable bonds is 15. The Kier molecular flexibility index (Phi) is 11.5. The lowest BCUT2D eigenvalue weighted by molar-refractivity contribution is -0.0316. The maximum Gasteiger partial charge on any atom is 0.297 e. The van der Waals surface area contributed by atoms with Gasteiger partial charge in [0.2, 0.25) is 0 Å². The van der Waals surface area contributed by atoms with Crippen LogP contribution in [0.3, 0.4) is 0 Å². The highest BCUT2D eigenvalue weighted by molar-refractivity contribution is 7.87. The van der Waals surface area contributed by atoms with Crippen LogP contribution in [0.25, 0.3) is 0 Å². The van der Waals surface area contributed by atoms with Crippen LogP contribution in [0, 0.1) is 13.8 Å². The monoisotopic (exact) mass is 630 g/mol. The Labute approximate surface area is 246 Å². The molecular weight excluding hydrogens is 592 g/mol. The van der Waals surface area contributed by atoms with Gasteiger partial charge in [-0.1, -0.05) is 35.4 Å². The van der Waals surface area contributed by atoms with Gasteiger partial charge in [0.05, 0.1) is 35.2 Å². The van der Waals surface area contributed by atoms with E-state index in [4.69, 9.17) is 27.3 Å². The van der Waals surface area contributed by atoms with E-state index in [0.717, 1.165) is 11.1 Å². The molecule has 2 heterocycles. The minimum atomic E-state index is -4.13. The van der Waals surface area contributed by atoms with Crippen LogP contribution in [0.1, 0.15) is 36.8 Å². The highest BCUT2D eigenvalue weighted by Crippen LogP contribution is 2.26. The van der Waals surface area contributed by atoms with Gasteiger partial charge >= 0.3 is 0 Å². The minimum Gasteiger partial charge on any atom is -0.390 e. The number of hydrogen-bond donors (Lipinski definition) is 2. The molecule has 14 heteroatoms. The Bertz CT molecular complexity index is 1230. The van der Waals surface area contributed by atoms with E-state index in [1.165, 1.54) is 24.3 Å². The van der Waals surface area contributed by atoms with Crippen LogP contribution in [0.2, 0.25) is 0 Å². The van der Waals surface area contributed by atoms with Crippen LogP contribution in [0.4, 0.5) is 0 Å². The maximum absolute atomic E-state index is 12.9. The van der Waals surface area contributed by atoms with Gasteiger partial charge in [-0.15, -0.1) is 0 Å². The maximum atomic E-state index is 12.9. The first-order valence-electron chi connectivity index (χ1n) is 13.7. The molecule has 0 radical (unpaired) electrons. The number of aliphatic hydroxyl groups excluding tert-OH is 2. The van der Waals surface area contributed by atoms with Crippen LogP contribution >= 0.6 is 0 Å². The lowest BCUT2D eigenvalue weighted by Crippen LogP contribution is -2.37. The summed E-state index contributed by atoms with van der Waals surface area (Å²) >= 11 is 0. The number of benzene rings is 2. The van der Waals surface area contributed by atoms with Crippen molar-refractivity contribution >= 4 is 20.2 Å². The van der Waals surface area contributed by atoms with Crippen LogP contribution < -0.4 is 0 Å². The third-order valence-electron chi connectivity index (χ3n) is 7.18. The van der Waals surface area contributed by atoms with E-state index in [1.54, 1.807) is 24.3 Å². The smallest absolute Gasteiger partial charge is 0.297 e. The van der Waals surface area contributed by atoms with Crippen molar-refractivity contribution < 1.29 is 54.4 Å². The highest BCUT2D eigenvalue weighted by atomic mass is 32.2. The molecule has 42 heavy (non-hydrogen) atoms. The van der Waals surface area contributed by atoms with E-state index in [2.05, 4.69) is 0 Å². The molecule has 0 aromatic heterocycles. The summed E-state index contributed by atoms with van der Waals surface area (Å²) in [6.07, 6.45) is -5.81. The molecule has 2 aromatic rings. The van der Waals surface area contributed by atoms with Crippen LogP contribution in [0.15, 0.2) is 58.3 Å². The molecule has 0 unspecified atom stereocenters. The van der Waals surface area contributed by atoms with Gasteiger partial charge in [-0.3, -0.25) is 8.37 Å². The fourth-order valence-corrected chi connectivity index (χ4v) is 6.87. The Morgan fingerprint density at radius 2 is 1.02 bits per heavy atom. The molecule has 2 N–H and O–H groups in total. The second-order valence-corrected chi connectivity index (χ2v) is 13.6. The number of aliphatic hydroxyl groups is 2. The summed E-state index contributed by atoms with van der Waals surface area (Å²) < 4.78 is 84.1. The van der Waals surface area contributed by atoms with E-state index in [1.807, 2.05) is 13.8 Å². The van der Waals surface area contributed by atoms with Crippen LogP contribution in [-0.2, 0) is 47.5 Å². The van der Waals surface area contributed by atoms with Gasteiger partial charge in [-0.05, 0) is 63.8 Å². The largest absolute Gasteiger partial charge is 0.390 e. The average Bonchev–Trinajstić information content (AvgIpc) is 3.69. The van der Waals surface area contributed by atoms with Gasteiger partial charge in [-0.25, -0.2) is 0 Å². The first kappa shape index (κ1) is 32.9. The summed E-state index contributed by atoms with van der Waals surface area (Å²) in [7, 11) is -8.27. The normalized spacial score (nSPS) is 22.6. The van der Waals surface area contributed by atoms with E-state index in [0.29, 0.717) is 0 Å². The Hall–Kier alpha value is -1.98. The van der Waals surface area contributed by atoms with Crippen molar-refractivity contribution in [2.75, 3.05) is 26.8 Å². The molecule has 0 saturated carbocycles. The van der Waals surface area contributed by atoms with Crippen molar-refractivity contribution in [2.45, 2.75) is 85.9 Å². The van der Waals surface area contributed by atoms with Crippen LogP contribution in [0.5, 0.6) is 0 Å². The molecule has 2 fully saturated rings. The van der Waals surface area contributed by atoms with Crippen molar-refractivity contribution in [1.82, 2.24) is 0 Å². The first-order valence-corrected chi connectivity index (χ1v) is 16.5. The van der Waals surface area contributed by atoms with Gasteiger partial charge < -0.3 is 29.2 Å². The van der Waals surface area contributed by atoms with Crippen molar-refractivity contribution in [3.05, 3.63) is 59.7 Å². The number of hydrogen-bond acceptors (Lipinski definition) is 12. The molecule has 2 aliphatic heterocycles. The summed E-state index contributed by atoms with van der Waals surface area (Å²) in [5.41, 5.74) is 1.78. The molecule has 2 aliphatic rings. The standard InChI is InChI=1S/C28H38O12S2/c1-19-3-7-21(8-4-19)41(31,32)39-25(27-15-35-17-37-27)13-11-23(29)24(30)12-14-26(28-16-36-18-38-28)40-42(33,34)22-9-5-20(2)6-10-22/h3-10,23-30H,11-18H2,1-2H3/t23-,24-,25+,26+,27+,28+/m1/s1. The van der Waals surface area contributed by atoms with Crippen molar-refractivity contribution in [1.29, 1.82) is 0 Å². The number of aryl methyl sites for hydroxylation is 2. The SMILES string of the molecule is Cc1ccc(S(=O)(=O)O[C@@H](CC[C@@H](O)[C@H](O)CC[C@H](OS(=O)(=O)c2ccc(C)cc2)[C@@H]2COCO2)[C@@H]2COCO2)cc1. The zero-order chi connectivity index (χ0) is 30.3. The van der Waals surface area contributed by atoms with Gasteiger partial charge in [0.15, 0.2) is 0 Å². The Morgan fingerprint density at radius 1 is 0.667 bits per heavy atom. The quantitative estimate of drug-likeness (QED) is 0.276. The molecule has 234 valence electrons. The van der Waals surface area contributed by atoms with E-state index >= 15 is 0 Å². The molecule has 0 bridgehead atoms. The third kappa shape index (κ3) is 9.02. The zero-order valence-corrected chi connectivity index (χ0v) is 25.2. The summed E-state index contributed by atoms with van der Waals surface area (Å²) in [4.78, 5) is -0.0234. The minimum absolute atomic E-state index is 0.0117. The lowest BCUT2D eigenvalue weighted by atomic mass is 9.98. The lowest BCUT2D eigenvalue weighted by Gasteiger charge is -2.26. The molecule has 2 saturated heterocycles. The van der Waals surface area contributed by atoms with Crippen molar-refractivity contribution in [3.8, 4) is 0 Å². The van der Waals surface area contributed by atoms with Crippen LogP contribution in [-0.4, -0.2) is 90.5 Å². The summed E-state index contributed by atoms with van der Waals surface area (Å²) in [6.45, 7) is 3.88. The van der Waals surface area contributed by atoms with E-state index in [-0.39, 0.29) is 62.3 Å². The summed E-state index contributed by atoms with van der Waals surface area (Å²) in [5, 5.41) is 21.5. The zero-order valence-electron chi connectivity index (χ0n) is 23.5. The van der Waals surface area contributed by atoms with E-state index in [9.17, 15) is 27.0 Å². The highest BCUT2D eigenvalue weighted by Gasteiger charge is 2.35. The van der Waals surface area contributed by atoms with Crippen molar-refractivity contribution in [3.63, 3.8) is 0 Å². The van der Waals surface area contributed by atoms with Gasteiger partial charge in [0.1, 0.15) is 38.0 Å². The number of ether oxygens (including phenoxy) is 4. The van der Waals surface area contributed by atoms with E-state index < -0.39 is 56.9 Å². The molecule has 4 rings (SSSR count). The fourth-order valence-electron chi connectivity index (χ4n) is 4.62. The van der Waals surface area contributed by atoms with Gasteiger partial charge in [-0.2, -0.15) is 16.8 Å². The topological polar surface area (TPSA) is 164 Å². The molecule has 12 nitrogen and oxygen atoms in total. The molecule has 6 atom stereocenters. The van der Waals surface area contributed by atoms with Gasteiger partial charge in [0.25, 0.3) is 20.2 Å². The molecule has 0 amide bonds. The molecule has 2 aromatic carbocycles. The molecular formula is C28H38O12S2. The first-order chi connectivity index (χ1) is 19.9. The third-order valence-corrected chi connectivity index (χ3v) is 9.88. The average molecular weight is 631 g/mol. The molecule has 0 spiro atoms. The molecule has 0 aliphatic carbocycles. The second-order valence-electron chi connectivity index (χ2n) is 10.5. The summed E-state index contributed by atoms with van der Waals surface area (Å²) in [5.74, 6) is 0. The van der Waals surface area contributed by atoms with Gasteiger partial charge in [0, 0.05) is 0 Å². The second kappa shape index (κ2) is 14.7. The Balaban J connectivity index is 1.36.